The van der Waals surface area contributed by atoms with Crippen molar-refractivity contribution in [3.63, 3.8) is 0 Å². The minimum atomic E-state index is -3.33. The largest absolute Gasteiger partial charge is 0.361 e. The molecule has 1 saturated heterocycles. The summed E-state index contributed by atoms with van der Waals surface area (Å²) in [6.45, 7) is -1.46. The van der Waals surface area contributed by atoms with E-state index in [2.05, 4.69) is 4.98 Å². The second kappa shape index (κ2) is 8.80. The molecule has 0 radical (unpaired) electrons. The van der Waals surface area contributed by atoms with E-state index in [1.165, 1.54) is 0 Å². The van der Waals surface area contributed by atoms with Crippen LogP contribution in [-0.2, 0) is 22.7 Å². The van der Waals surface area contributed by atoms with Gasteiger partial charge in [0.25, 0.3) is 0 Å². The lowest BCUT2D eigenvalue weighted by Gasteiger charge is -2.18. The van der Waals surface area contributed by atoms with Crippen LogP contribution < -0.4 is 0 Å². The molecule has 1 N–H and O–H groups in total. The third-order valence-corrected chi connectivity index (χ3v) is 7.16. The van der Waals surface area contributed by atoms with Gasteiger partial charge in [0.1, 0.15) is 0 Å². The number of halogens is 1. The second-order valence-corrected chi connectivity index (χ2v) is 9.38. The topological polar surface area (TPSA) is 53.2 Å². The highest BCUT2D eigenvalue weighted by Crippen LogP contribution is 2.26. The number of aromatic amines is 1. The summed E-state index contributed by atoms with van der Waals surface area (Å²) in [5.41, 5.74) is 3.03. The van der Waals surface area contributed by atoms with Crippen LogP contribution in [0.15, 0.2) is 59.6 Å². The molecule has 6 heteroatoms. The van der Waals surface area contributed by atoms with E-state index in [1.54, 1.807) is 35.2 Å². The molecule has 0 unspecified atom stereocenters. The zero-order valence-corrected chi connectivity index (χ0v) is 18.1. The molecule has 0 bridgehead atoms. The fourth-order valence-electron chi connectivity index (χ4n) is 3.85. The van der Waals surface area contributed by atoms with Crippen molar-refractivity contribution in [1.29, 1.82) is 0 Å². The molecule has 2 aromatic carbocycles. The molecule has 150 valence electrons. The van der Waals surface area contributed by atoms with E-state index in [0.29, 0.717) is 24.3 Å². The third-order valence-electron chi connectivity index (χ3n) is 5.43. The lowest BCUT2D eigenvalue weighted by Crippen LogP contribution is -2.26. The molecular weight excluding hydrogens is 436 g/mol. The molecule has 1 fully saturated rings. The van der Waals surface area contributed by atoms with E-state index >= 15 is 0 Å². The van der Waals surface area contributed by atoms with Gasteiger partial charge in [-0.05, 0) is 74.6 Å². The van der Waals surface area contributed by atoms with E-state index in [1.807, 2.05) is 24.4 Å². The predicted octanol–water partition coefficient (Wildman–Crippen LogP) is 4.40. The van der Waals surface area contributed by atoms with Gasteiger partial charge in [-0.1, -0.05) is 24.3 Å². The van der Waals surface area contributed by atoms with Crippen molar-refractivity contribution in [2.45, 2.75) is 36.6 Å². The van der Waals surface area contributed by atoms with Crippen LogP contribution in [0.3, 0.4) is 0 Å². The normalized spacial score (nSPS) is 19.7. The highest BCUT2D eigenvalue weighted by atomic mass is 79.9. The average molecular weight is 466 g/mol. The fraction of sp³-hybridized carbons (Fsp3) is 0.364. The van der Waals surface area contributed by atoms with Crippen LogP contribution in [0, 0.1) is 0 Å². The monoisotopic (exact) mass is 465 g/mol. The summed E-state index contributed by atoms with van der Waals surface area (Å²) in [6, 6.07) is 14.5. The van der Waals surface area contributed by atoms with Crippen molar-refractivity contribution in [2.75, 3.05) is 19.3 Å². The Balaban J connectivity index is 0.00000272. The van der Waals surface area contributed by atoms with Gasteiger partial charge >= 0.3 is 0 Å². The molecule has 1 aliphatic heterocycles. The zero-order chi connectivity index (χ0) is 21.4. The van der Waals surface area contributed by atoms with Crippen LogP contribution >= 0.6 is 17.0 Å². The summed E-state index contributed by atoms with van der Waals surface area (Å²) in [7, 11) is -3.33. The molecule has 0 spiro atoms. The van der Waals surface area contributed by atoms with Crippen molar-refractivity contribution >= 4 is 37.7 Å². The van der Waals surface area contributed by atoms with Gasteiger partial charge in [-0.3, -0.25) is 0 Å². The van der Waals surface area contributed by atoms with Crippen molar-refractivity contribution < 1.29 is 12.5 Å². The maximum absolute atomic E-state index is 12.6. The number of H-pyrrole nitrogens is 1. The summed E-state index contributed by atoms with van der Waals surface area (Å²) in [4.78, 5) is 5.24. The number of sulfone groups is 1. The molecule has 4 rings (SSSR count). The number of nitrogens with one attached hydrogen (secondary N) is 1. The number of aromatic nitrogens is 1. The Bertz CT molecular complexity index is 1130. The first-order chi connectivity index (χ1) is 14.2. The van der Waals surface area contributed by atoms with E-state index < -0.39 is 16.8 Å². The van der Waals surface area contributed by atoms with Crippen LogP contribution in [0.1, 0.15) is 28.1 Å². The number of likely N-dealkylation sites (N-methyl/N-ethyl adjacent to an activating group) is 1. The minimum Gasteiger partial charge on any atom is -0.361 e. The molecular formula is C22H27BrN2O2S. The van der Waals surface area contributed by atoms with Crippen LogP contribution in [0.4, 0.5) is 0 Å². The smallest absolute Gasteiger partial charge is 0.178 e. The Labute approximate surface area is 181 Å². The summed E-state index contributed by atoms with van der Waals surface area (Å²) in [5.74, 6) is 0.0533. The Morgan fingerprint density at radius 2 is 2.04 bits per heavy atom. The summed E-state index contributed by atoms with van der Waals surface area (Å²) >= 11 is 0. The maximum atomic E-state index is 12.6. The first-order valence-electron chi connectivity index (χ1n) is 10.9. The van der Waals surface area contributed by atoms with Gasteiger partial charge in [0, 0.05) is 27.3 Å². The standard InChI is InChI=1S/C22H26N2O2S.BrH/c1-24-12-5-6-19(24)15-18-16-23-22-10-9-17(14-21(18)22)11-13-27(25,26)20-7-3-2-4-8-20;/h2-4,7-10,14,16,19,23H,5-6,11-13,15H2,1H3;1H/t19-;/m1./s1/i1D3;. The molecule has 1 aliphatic rings. The molecule has 28 heavy (non-hydrogen) atoms. The fourth-order valence-corrected chi connectivity index (χ4v) is 5.16. The van der Waals surface area contributed by atoms with E-state index in [4.69, 9.17) is 4.11 Å². The molecule has 0 aliphatic carbocycles. The quantitative estimate of drug-likeness (QED) is 0.586. The summed E-state index contributed by atoms with van der Waals surface area (Å²) < 4.78 is 48.5. The third kappa shape index (κ3) is 4.50. The number of hydrogen-bond acceptors (Lipinski definition) is 3. The minimum absolute atomic E-state index is 0. The van der Waals surface area contributed by atoms with Gasteiger partial charge in [0.2, 0.25) is 0 Å². The SMILES string of the molecule is Br.[2H]C([2H])([2H])N1CCC[C@@H]1Cc1c[nH]c2ccc(CCS(=O)(=O)c3ccccc3)cc12. The first kappa shape index (κ1) is 17.2. The molecule has 0 amide bonds. The lowest BCUT2D eigenvalue weighted by molar-refractivity contribution is 0.310. The highest BCUT2D eigenvalue weighted by molar-refractivity contribution is 8.93. The Morgan fingerprint density at radius 3 is 2.82 bits per heavy atom. The van der Waals surface area contributed by atoms with E-state index in [-0.39, 0.29) is 28.8 Å². The van der Waals surface area contributed by atoms with Crippen molar-refractivity contribution in [2.24, 2.45) is 0 Å². The number of fused-ring (bicyclic) bond motifs is 1. The van der Waals surface area contributed by atoms with Crippen LogP contribution in [-0.4, -0.2) is 43.6 Å². The summed E-state index contributed by atoms with van der Waals surface area (Å²) in [5, 5.41) is 1.04. The Hall–Kier alpha value is -1.63. The predicted molar refractivity (Wildman–Crippen MR) is 120 cm³/mol. The van der Waals surface area contributed by atoms with Crippen LogP contribution in [0.25, 0.3) is 10.9 Å². The lowest BCUT2D eigenvalue weighted by atomic mass is 10.0. The number of likely N-dealkylation sites (tertiary alicyclic amines) is 1. The number of aryl methyl sites for hydroxylation is 1. The number of benzene rings is 2. The van der Waals surface area contributed by atoms with Crippen molar-refractivity contribution in [3.8, 4) is 0 Å². The van der Waals surface area contributed by atoms with E-state index in [9.17, 15) is 8.42 Å². The Kier molecular flexibility index (Phi) is 5.42. The zero-order valence-electron chi connectivity index (χ0n) is 18.6. The average Bonchev–Trinajstić information content (AvgIpc) is 3.34. The number of nitrogens with zero attached hydrogens (tertiary/aromatic N) is 1. The van der Waals surface area contributed by atoms with Gasteiger partial charge in [0.15, 0.2) is 9.84 Å². The van der Waals surface area contributed by atoms with Crippen molar-refractivity contribution in [3.05, 3.63) is 65.9 Å². The molecule has 0 saturated carbocycles. The van der Waals surface area contributed by atoms with Gasteiger partial charge in [-0.15, -0.1) is 17.0 Å². The summed E-state index contributed by atoms with van der Waals surface area (Å²) in [6.07, 6.45) is 4.83. The second-order valence-electron chi connectivity index (χ2n) is 7.27. The van der Waals surface area contributed by atoms with Gasteiger partial charge in [-0.2, -0.15) is 0 Å². The van der Waals surface area contributed by atoms with Crippen LogP contribution in [0.5, 0.6) is 0 Å². The van der Waals surface area contributed by atoms with Crippen molar-refractivity contribution in [1.82, 2.24) is 9.88 Å². The molecule has 4 nitrogen and oxygen atoms in total. The maximum Gasteiger partial charge on any atom is 0.178 e. The van der Waals surface area contributed by atoms with Gasteiger partial charge < -0.3 is 9.88 Å². The molecule has 2 heterocycles. The van der Waals surface area contributed by atoms with Gasteiger partial charge in [0.05, 0.1) is 10.6 Å². The highest BCUT2D eigenvalue weighted by Gasteiger charge is 2.22. The molecule has 1 aromatic heterocycles. The molecule has 3 aromatic rings. The van der Waals surface area contributed by atoms with E-state index in [0.717, 1.165) is 34.9 Å². The Morgan fingerprint density at radius 1 is 1.21 bits per heavy atom. The van der Waals surface area contributed by atoms with Gasteiger partial charge in [-0.25, -0.2) is 8.42 Å². The number of hydrogen-bond donors (Lipinski definition) is 1. The first-order valence-corrected chi connectivity index (χ1v) is 11.0. The number of rotatable bonds is 6. The van der Waals surface area contributed by atoms with Crippen LogP contribution in [0.2, 0.25) is 0 Å². The molecule has 1 atom stereocenters.